The summed E-state index contributed by atoms with van der Waals surface area (Å²) in [5.41, 5.74) is 1.22. The number of β-amino-alcohol motifs (C(OH)–C–C–N with tert-alkyl or cyclic N) is 1. The number of amides is 1. The maximum Gasteiger partial charge on any atom is 0.225 e. The molecule has 1 N–H and O–H groups in total. The van der Waals surface area contributed by atoms with Crippen molar-refractivity contribution < 1.29 is 9.90 Å². The van der Waals surface area contributed by atoms with Gasteiger partial charge < -0.3 is 14.9 Å². The number of aryl methyl sites for hydroxylation is 2. The molecule has 1 atom stereocenters. The predicted molar refractivity (Wildman–Crippen MR) is 97.7 cm³/mol. The van der Waals surface area contributed by atoms with Crippen LogP contribution in [0.3, 0.4) is 0 Å². The van der Waals surface area contributed by atoms with Crippen LogP contribution in [0.2, 0.25) is 0 Å². The van der Waals surface area contributed by atoms with Crippen molar-refractivity contribution in [3.63, 3.8) is 0 Å². The number of aromatic nitrogens is 4. The lowest BCUT2D eigenvalue weighted by molar-refractivity contribution is -0.132. The molecule has 0 aromatic carbocycles. The number of rotatable bonds is 6. The summed E-state index contributed by atoms with van der Waals surface area (Å²) in [6.45, 7) is 3.41. The monoisotopic (exact) mass is 358 g/mol. The maximum absolute atomic E-state index is 12.5. The van der Waals surface area contributed by atoms with Crippen molar-refractivity contribution in [1.29, 1.82) is 0 Å². The van der Waals surface area contributed by atoms with E-state index in [-0.39, 0.29) is 5.91 Å². The molecule has 1 amide bonds. The van der Waals surface area contributed by atoms with E-state index in [2.05, 4.69) is 15.1 Å². The van der Waals surface area contributed by atoms with Crippen LogP contribution in [0.15, 0.2) is 24.7 Å². The van der Waals surface area contributed by atoms with Gasteiger partial charge in [-0.2, -0.15) is 5.10 Å². The zero-order valence-electron chi connectivity index (χ0n) is 15.6. The fourth-order valence-corrected chi connectivity index (χ4v) is 3.36. The first-order valence-electron chi connectivity index (χ1n) is 8.84. The van der Waals surface area contributed by atoms with Gasteiger partial charge in [-0.15, -0.1) is 0 Å². The zero-order chi connectivity index (χ0) is 18.7. The van der Waals surface area contributed by atoms with Gasteiger partial charge in [0.25, 0.3) is 0 Å². The third-order valence-corrected chi connectivity index (χ3v) is 5.07. The molecule has 0 spiro atoms. The van der Waals surface area contributed by atoms with E-state index in [1.807, 2.05) is 29.7 Å². The Hall–Kier alpha value is -2.48. The lowest BCUT2D eigenvalue weighted by Gasteiger charge is -2.29. The van der Waals surface area contributed by atoms with Gasteiger partial charge >= 0.3 is 0 Å². The second-order valence-electron chi connectivity index (χ2n) is 7.07. The first-order valence-corrected chi connectivity index (χ1v) is 8.84. The molecule has 0 unspecified atom stereocenters. The van der Waals surface area contributed by atoms with E-state index < -0.39 is 5.60 Å². The molecule has 140 valence electrons. The summed E-state index contributed by atoms with van der Waals surface area (Å²) in [5.74, 6) is 0.639. The Labute approximate surface area is 153 Å². The van der Waals surface area contributed by atoms with E-state index in [0.717, 1.165) is 11.3 Å². The van der Waals surface area contributed by atoms with Gasteiger partial charge in [0.2, 0.25) is 11.9 Å². The van der Waals surface area contributed by atoms with Crippen LogP contribution in [0.1, 0.15) is 24.1 Å². The van der Waals surface area contributed by atoms with Crippen molar-refractivity contribution in [2.45, 2.75) is 31.8 Å². The van der Waals surface area contributed by atoms with Gasteiger partial charge in [-0.05, 0) is 31.4 Å². The molecule has 2 aromatic heterocycles. The maximum atomic E-state index is 12.5. The normalized spacial score (nSPS) is 19.8. The number of anilines is 1. The van der Waals surface area contributed by atoms with Gasteiger partial charge in [-0.25, -0.2) is 9.97 Å². The van der Waals surface area contributed by atoms with Crippen LogP contribution in [0.5, 0.6) is 0 Å². The van der Waals surface area contributed by atoms with Crippen LogP contribution in [-0.2, 0) is 18.3 Å². The van der Waals surface area contributed by atoms with Crippen LogP contribution >= 0.6 is 0 Å². The standard InChI is InChI=1S/C18H26N6O2/c1-14-15(11-21-23(14)3)5-6-16(25)22(2)12-18(26)7-10-24(13-18)17-19-8-4-9-20-17/h4,8-9,11,26H,5-7,10,12-13H2,1-3H3/t18-/m1/s1. The minimum absolute atomic E-state index is 0.0242. The highest BCUT2D eigenvalue weighted by molar-refractivity contribution is 5.76. The molecular formula is C18H26N6O2. The molecule has 1 aliphatic rings. The number of nitrogens with zero attached hydrogens (tertiary/aromatic N) is 6. The molecule has 26 heavy (non-hydrogen) atoms. The Morgan fingerprint density at radius 1 is 1.38 bits per heavy atom. The smallest absolute Gasteiger partial charge is 0.225 e. The molecule has 1 saturated heterocycles. The Morgan fingerprint density at radius 2 is 2.12 bits per heavy atom. The predicted octanol–water partition coefficient (Wildman–Crippen LogP) is 0.551. The number of aliphatic hydroxyl groups is 1. The van der Waals surface area contributed by atoms with Gasteiger partial charge in [0.15, 0.2) is 0 Å². The van der Waals surface area contributed by atoms with Crippen LogP contribution < -0.4 is 4.90 Å². The zero-order valence-corrected chi connectivity index (χ0v) is 15.6. The summed E-state index contributed by atoms with van der Waals surface area (Å²) in [7, 11) is 3.64. The molecule has 8 heteroatoms. The van der Waals surface area contributed by atoms with E-state index >= 15 is 0 Å². The molecule has 8 nitrogen and oxygen atoms in total. The van der Waals surface area contributed by atoms with E-state index in [9.17, 15) is 9.90 Å². The second kappa shape index (κ2) is 7.41. The molecule has 3 heterocycles. The highest BCUT2D eigenvalue weighted by Crippen LogP contribution is 2.25. The van der Waals surface area contributed by atoms with Crippen LogP contribution in [0.4, 0.5) is 5.95 Å². The summed E-state index contributed by atoms with van der Waals surface area (Å²) < 4.78 is 1.81. The second-order valence-corrected chi connectivity index (χ2v) is 7.07. The van der Waals surface area contributed by atoms with Gasteiger partial charge in [0.1, 0.15) is 5.60 Å². The van der Waals surface area contributed by atoms with Gasteiger partial charge in [-0.1, -0.05) is 0 Å². The Kier molecular flexibility index (Phi) is 5.22. The Balaban J connectivity index is 1.53. The highest BCUT2D eigenvalue weighted by atomic mass is 16.3. The number of likely N-dealkylation sites (N-methyl/N-ethyl adjacent to an activating group) is 1. The van der Waals surface area contributed by atoms with Crippen molar-refractivity contribution in [3.8, 4) is 0 Å². The van der Waals surface area contributed by atoms with E-state index in [1.54, 1.807) is 30.4 Å². The van der Waals surface area contributed by atoms with Crippen LogP contribution in [-0.4, -0.2) is 67.9 Å². The van der Waals surface area contributed by atoms with Crippen molar-refractivity contribution >= 4 is 11.9 Å². The lowest BCUT2D eigenvalue weighted by Crippen LogP contribution is -2.46. The first kappa shape index (κ1) is 18.3. The largest absolute Gasteiger partial charge is 0.386 e. The van der Waals surface area contributed by atoms with Crippen LogP contribution in [0, 0.1) is 6.92 Å². The van der Waals surface area contributed by atoms with Crippen LogP contribution in [0.25, 0.3) is 0 Å². The molecule has 0 saturated carbocycles. The average Bonchev–Trinajstić information content (AvgIpc) is 3.17. The molecular weight excluding hydrogens is 332 g/mol. The summed E-state index contributed by atoms with van der Waals surface area (Å²) in [6, 6.07) is 1.77. The van der Waals surface area contributed by atoms with E-state index in [0.29, 0.717) is 44.8 Å². The Bertz CT molecular complexity index is 762. The SMILES string of the molecule is Cc1c(CCC(=O)N(C)C[C@]2(O)CCN(c3ncccn3)C2)cnn1C. The van der Waals surface area contributed by atoms with Crippen molar-refractivity contribution in [1.82, 2.24) is 24.6 Å². The molecule has 2 aromatic rings. The van der Waals surface area contributed by atoms with E-state index in [4.69, 9.17) is 0 Å². The fraction of sp³-hybridized carbons (Fsp3) is 0.556. The third kappa shape index (κ3) is 4.01. The Morgan fingerprint density at radius 3 is 2.77 bits per heavy atom. The molecule has 1 aliphatic heterocycles. The van der Waals surface area contributed by atoms with Gasteiger partial charge in [0, 0.05) is 45.1 Å². The number of hydrogen-bond acceptors (Lipinski definition) is 6. The molecule has 0 aliphatic carbocycles. The quantitative estimate of drug-likeness (QED) is 0.811. The number of carbonyl (C=O) groups is 1. The summed E-state index contributed by atoms with van der Waals surface area (Å²) >= 11 is 0. The molecule has 1 fully saturated rings. The minimum atomic E-state index is -0.937. The third-order valence-electron chi connectivity index (χ3n) is 5.07. The highest BCUT2D eigenvalue weighted by Gasteiger charge is 2.38. The summed E-state index contributed by atoms with van der Waals surface area (Å²) in [5, 5.41) is 15.1. The minimum Gasteiger partial charge on any atom is -0.386 e. The number of hydrogen-bond donors (Lipinski definition) is 1. The topological polar surface area (TPSA) is 87.4 Å². The van der Waals surface area contributed by atoms with Crippen molar-refractivity contribution in [2.24, 2.45) is 7.05 Å². The van der Waals surface area contributed by atoms with Crippen molar-refractivity contribution in [3.05, 3.63) is 35.9 Å². The average molecular weight is 358 g/mol. The summed E-state index contributed by atoms with van der Waals surface area (Å²) in [4.78, 5) is 24.5. The molecule has 0 radical (unpaired) electrons. The van der Waals surface area contributed by atoms with Gasteiger partial charge in [0.05, 0.1) is 19.3 Å². The first-order chi connectivity index (χ1) is 12.4. The molecule has 3 rings (SSSR count). The molecule has 0 bridgehead atoms. The van der Waals surface area contributed by atoms with E-state index in [1.165, 1.54) is 0 Å². The van der Waals surface area contributed by atoms with Gasteiger partial charge in [-0.3, -0.25) is 9.48 Å². The van der Waals surface area contributed by atoms with Crippen molar-refractivity contribution in [2.75, 3.05) is 31.6 Å². The summed E-state index contributed by atoms with van der Waals surface area (Å²) in [6.07, 6.45) is 6.84. The lowest BCUT2D eigenvalue weighted by atomic mass is 10.0. The number of carbonyl (C=O) groups excluding carboxylic acids is 1. The fourth-order valence-electron chi connectivity index (χ4n) is 3.36.